The molecule has 0 aliphatic carbocycles. The number of anilines is 1. The minimum Gasteiger partial charge on any atom is -0.481 e. The largest absolute Gasteiger partial charge is 0.481 e. The van der Waals surface area contributed by atoms with Crippen LogP contribution in [0.25, 0.3) is 0 Å². The maximum atomic E-state index is 13.5. The summed E-state index contributed by atoms with van der Waals surface area (Å²) in [7, 11) is 3.73. The highest BCUT2D eigenvalue weighted by molar-refractivity contribution is 6.00. The number of hydrazine groups is 1. The molecule has 0 saturated carbocycles. The molecule has 12 heteroatoms. The first-order valence-corrected chi connectivity index (χ1v) is 11.3. The SMILES string of the molecule is CN(C)c1ccc(C(=O)NC2CCC(=O)N3CCCC(C(=O)NC(C=O)CC(=O)O)N3C2=O)cc1. The first kappa shape index (κ1) is 25.7. The van der Waals surface area contributed by atoms with Crippen LogP contribution < -0.4 is 15.5 Å². The van der Waals surface area contributed by atoms with Crippen LogP contribution in [0.2, 0.25) is 0 Å². The molecule has 2 aliphatic heterocycles. The minimum atomic E-state index is -1.27. The second-order valence-electron chi connectivity index (χ2n) is 8.71. The van der Waals surface area contributed by atoms with E-state index in [2.05, 4.69) is 10.6 Å². The van der Waals surface area contributed by atoms with Crippen molar-refractivity contribution in [1.29, 1.82) is 0 Å². The lowest BCUT2D eigenvalue weighted by molar-refractivity contribution is -0.176. The van der Waals surface area contributed by atoms with Crippen LogP contribution in [-0.4, -0.2) is 89.8 Å². The number of carboxylic acid groups (broad SMARTS) is 1. The zero-order valence-electron chi connectivity index (χ0n) is 19.6. The van der Waals surface area contributed by atoms with Crippen LogP contribution in [0, 0.1) is 0 Å². The van der Waals surface area contributed by atoms with Gasteiger partial charge in [0.2, 0.25) is 11.8 Å². The summed E-state index contributed by atoms with van der Waals surface area (Å²) in [6.07, 6.45) is 0.421. The normalized spacial score (nSPS) is 20.9. The van der Waals surface area contributed by atoms with Crippen molar-refractivity contribution in [3.63, 3.8) is 0 Å². The molecule has 0 bridgehead atoms. The summed E-state index contributed by atoms with van der Waals surface area (Å²) in [5.74, 6) is -3.47. The van der Waals surface area contributed by atoms with E-state index in [1.165, 1.54) is 5.01 Å². The maximum absolute atomic E-state index is 13.5. The molecule has 3 rings (SSSR count). The molecule has 2 saturated heterocycles. The molecule has 2 heterocycles. The van der Waals surface area contributed by atoms with Gasteiger partial charge in [-0.1, -0.05) is 0 Å². The Morgan fingerprint density at radius 2 is 1.86 bits per heavy atom. The molecule has 0 spiro atoms. The van der Waals surface area contributed by atoms with Gasteiger partial charge in [-0.2, -0.15) is 0 Å². The Labute approximate surface area is 202 Å². The highest BCUT2D eigenvalue weighted by Crippen LogP contribution is 2.25. The topological polar surface area (TPSA) is 156 Å². The van der Waals surface area contributed by atoms with Crippen LogP contribution >= 0.6 is 0 Å². The van der Waals surface area contributed by atoms with Crippen molar-refractivity contribution in [2.24, 2.45) is 0 Å². The molecule has 35 heavy (non-hydrogen) atoms. The summed E-state index contributed by atoms with van der Waals surface area (Å²) in [6.45, 7) is 0.229. The molecule has 3 unspecified atom stereocenters. The van der Waals surface area contributed by atoms with Gasteiger partial charge in [0, 0.05) is 38.3 Å². The molecular weight excluding hydrogens is 458 g/mol. The molecule has 1 aromatic rings. The van der Waals surface area contributed by atoms with E-state index in [1.807, 2.05) is 19.0 Å². The van der Waals surface area contributed by atoms with Crippen molar-refractivity contribution < 1.29 is 33.9 Å². The van der Waals surface area contributed by atoms with Crippen LogP contribution in [0.1, 0.15) is 42.5 Å². The van der Waals surface area contributed by atoms with Gasteiger partial charge in [0.05, 0.1) is 12.5 Å². The Morgan fingerprint density at radius 3 is 2.46 bits per heavy atom. The average molecular weight is 488 g/mol. The van der Waals surface area contributed by atoms with Gasteiger partial charge in [0.25, 0.3) is 11.8 Å². The molecule has 1 aromatic carbocycles. The monoisotopic (exact) mass is 487 g/mol. The number of benzene rings is 1. The summed E-state index contributed by atoms with van der Waals surface area (Å²) < 4.78 is 0. The number of nitrogens with one attached hydrogen (secondary N) is 2. The fraction of sp³-hybridized carbons (Fsp3) is 0.478. The maximum Gasteiger partial charge on any atom is 0.305 e. The molecular formula is C23H29N5O7. The van der Waals surface area contributed by atoms with Gasteiger partial charge in [-0.05, 0) is 43.5 Å². The first-order chi connectivity index (χ1) is 16.6. The predicted molar refractivity (Wildman–Crippen MR) is 123 cm³/mol. The number of rotatable bonds is 8. The van der Waals surface area contributed by atoms with Gasteiger partial charge in [-0.25, -0.2) is 5.01 Å². The fourth-order valence-electron chi connectivity index (χ4n) is 4.16. The summed E-state index contributed by atoms with van der Waals surface area (Å²) in [4.78, 5) is 76.0. The zero-order valence-corrected chi connectivity index (χ0v) is 19.6. The van der Waals surface area contributed by atoms with Crippen LogP contribution in [0.5, 0.6) is 0 Å². The van der Waals surface area contributed by atoms with Crippen LogP contribution in [0.3, 0.4) is 0 Å². The molecule has 4 amide bonds. The van der Waals surface area contributed by atoms with E-state index in [9.17, 15) is 28.8 Å². The number of aldehydes is 1. The smallest absolute Gasteiger partial charge is 0.305 e. The Morgan fingerprint density at radius 1 is 1.17 bits per heavy atom. The third-order valence-corrected chi connectivity index (χ3v) is 6.00. The lowest BCUT2D eigenvalue weighted by atomic mass is 10.0. The number of amides is 4. The number of aliphatic carboxylic acids is 1. The number of hydrogen-bond donors (Lipinski definition) is 3. The lowest BCUT2D eigenvalue weighted by Crippen LogP contribution is -2.64. The Kier molecular flexibility index (Phi) is 8.05. The third kappa shape index (κ3) is 5.94. The van der Waals surface area contributed by atoms with Gasteiger partial charge >= 0.3 is 5.97 Å². The summed E-state index contributed by atoms with van der Waals surface area (Å²) in [5.41, 5.74) is 1.23. The lowest BCUT2D eigenvalue weighted by Gasteiger charge is -2.43. The average Bonchev–Trinajstić information content (AvgIpc) is 2.95. The molecule has 0 aromatic heterocycles. The van der Waals surface area contributed by atoms with Crippen LogP contribution in [-0.2, 0) is 24.0 Å². The van der Waals surface area contributed by atoms with Crippen molar-refractivity contribution in [2.45, 2.75) is 50.2 Å². The molecule has 188 valence electrons. The highest BCUT2D eigenvalue weighted by atomic mass is 16.4. The molecule has 2 fully saturated rings. The van der Waals surface area contributed by atoms with Crippen molar-refractivity contribution >= 4 is 41.6 Å². The number of fused-ring (bicyclic) bond motifs is 1. The number of carboxylic acids is 1. The minimum absolute atomic E-state index is 0.00291. The van der Waals surface area contributed by atoms with E-state index < -0.39 is 48.2 Å². The van der Waals surface area contributed by atoms with E-state index in [4.69, 9.17) is 5.11 Å². The van der Waals surface area contributed by atoms with E-state index >= 15 is 0 Å². The fourth-order valence-corrected chi connectivity index (χ4v) is 4.16. The number of carbonyl (C=O) groups excluding carboxylic acids is 5. The van der Waals surface area contributed by atoms with Crippen molar-refractivity contribution in [1.82, 2.24) is 20.7 Å². The standard InChI is InChI=1S/C23H29N5O7/c1-26(2)16-7-5-14(6-8-16)21(33)25-17-9-10-19(30)27-11-3-4-18(28(27)23(17)35)22(34)24-15(13-29)12-20(31)32/h5-8,13,15,17-18H,3-4,9-12H2,1-2H3,(H,24,34)(H,25,33)(H,31,32). The van der Waals surface area contributed by atoms with Crippen LogP contribution in [0.15, 0.2) is 24.3 Å². The summed E-state index contributed by atoms with van der Waals surface area (Å²) >= 11 is 0. The van der Waals surface area contributed by atoms with E-state index in [0.717, 1.165) is 10.7 Å². The van der Waals surface area contributed by atoms with Crippen molar-refractivity contribution in [3.8, 4) is 0 Å². The first-order valence-electron chi connectivity index (χ1n) is 11.3. The molecule has 12 nitrogen and oxygen atoms in total. The van der Waals surface area contributed by atoms with Gasteiger partial charge in [0.1, 0.15) is 18.4 Å². The second-order valence-corrected chi connectivity index (χ2v) is 8.71. The number of nitrogens with zero attached hydrogens (tertiary/aromatic N) is 3. The van der Waals surface area contributed by atoms with Gasteiger partial charge < -0.3 is 25.4 Å². The highest BCUT2D eigenvalue weighted by Gasteiger charge is 2.44. The Hall–Kier alpha value is -3.96. The molecule has 3 atom stereocenters. The van der Waals surface area contributed by atoms with Crippen LogP contribution in [0.4, 0.5) is 5.69 Å². The third-order valence-electron chi connectivity index (χ3n) is 6.00. The molecule has 3 N–H and O–H groups in total. The van der Waals surface area contributed by atoms with E-state index in [1.54, 1.807) is 24.3 Å². The van der Waals surface area contributed by atoms with Gasteiger partial charge in [0.15, 0.2) is 0 Å². The van der Waals surface area contributed by atoms with E-state index in [-0.39, 0.29) is 31.7 Å². The Bertz CT molecular complexity index is 1010. The molecule has 0 radical (unpaired) electrons. The van der Waals surface area contributed by atoms with Crippen molar-refractivity contribution in [2.75, 3.05) is 25.5 Å². The second kappa shape index (κ2) is 11.0. The van der Waals surface area contributed by atoms with E-state index in [0.29, 0.717) is 18.3 Å². The zero-order chi connectivity index (χ0) is 25.7. The van der Waals surface area contributed by atoms with Gasteiger partial charge in [-0.15, -0.1) is 0 Å². The number of hydrogen-bond acceptors (Lipinski definition) is 7. The summed E-state index contributed by atoms with van der Waals surface area (Å²) in [6, 6.07) is 3.35. The number of carbonyl (C=O) groups is 6. The predicted octanol–water partition coefficient (Wildman–Crippen LogP) is -0.462. The Balaban J connectivity index is 1.79. The molecule has 2 aliphatic rings. The quantitative estimate of drug-likeness (QED) is 0.416. The van der Waals surface area contributed by atoms with Gasteiger partial charge in [-0.3, -0.25) is 29.0 Å². The summed E-state index contributed by atoms with van der Waals surface area (Å²) in [5, 5.41) is 16.2. The van der Waals surface area contributed by atoms with Crippen molar-refractivity contribution in [3.05, 3.63) is 29.8 Å².